The van der Waals surface area contributed by atoms with E-state index in [1.807, 2.05) is 0 Å². The molecule has 0 bridgehead atoms. The summed E-state index contributed by atoms with van der Waals surface area (Å²) in [7, 11) is 0. The summed E-state index contributed by atoms with van der Waals surface area (Å²) in [6.07, 6.45) is 6.66. The number of hydrogen-bond donors (Lipinski definition) is 1. The lowest BCUT2D eigenvalue weighted by atomic mass is 10.2. The molecule has 15 heavy (non-hydrogen) atoms. The highest BCUT2D eigenvalue weighted by Crippen LogP contribution is 2.07. The average Bonchev–Trinajstić information content (AvgIpc) is 2.70. The van der Waals surface area contributed by atoms with E-state index in [1.54, 1.807) is 0 Å². The van der Waals surface area contributed by atoms with Gasteiger partial charge in [0.15, 0.2) is 0 Å². The van der Waals surface area contributed by atoms with Crippen molar-refractivity contribution in [2.24, 2.45) is 0 Å². The van der Waals surface area contributed by atoms with E-state index in [1.165, 1.54) is 19.3 Å². The first-order chi connectivity index (χ1) is 6.84. The maximum Gasteiger partial charge on any atom is 0.323 e. The topological polar surface area (TPSA) is 38.3 Å². The molecule has 1 saturated heterocycles. The predicted octanol–water partition coefficient (Wildman–Crippen LogP) is 2.28. The molecule has 1 N–H and O–H groups in total. The van der Waals surface area contributed by atoms with Crippen molar-refractivity contribution in [1.29, 1.82) is 0 Å². The lowest BCUT2D eigenvalue weighted by Gasteiger charge is -2.09. The summed E-state index contributed by atoms with van der Waals surface area (Å²) in [6, 6.07) is -0.0267. The third-order valence-corrected chi connectivity index (χ3v) is 2.59. The van der Waals surface area contributed by atoms with Crippen molar-refractivity contribution in [2.75, 3.05) is 13.2 Å². The minimum absolute atomic E-state index is 0. The van der Waals surface area contributed by atoms with Crippen LogP contribution in [0.25, 0.3) is 0 Å². The third kappa shape index (κ3) is 6.00. The minimum Gasteiger partial charge on any atom is -0.465 e. The van der Waals surface area contributed by atoms with Crippen LogP contribution in [0.4, 0.5) is 0 Å². The summed E-state index contributed by atoms with van der Waals surface area (Å²) >= 11 is 0. The fourth-order valence-electron chi connectivity index (χ4n) is 1.69. The normalized spacial score (nSPS) is 19.7. The molecule has 0 aromatic heterocycles. The van der Waals surface area contributed by atoms with Crippen LogP contribution in [0.5, 0.6) is 0 Å². The van der Waals surface area contributed by atoms with Crippen LogP contribution in [-0.4, -0.2) is 25.2 Å². The largest absolute Gasteiger partial charge is 0.465 e. The molecule has 1 rings (SSSR count). The smallest absolute Gasteiger partial charge is 0.323 e. The quantitative estimate of drug-likeness (QED) is 0.567. The molecular weight excluding hydrogens is 214 g/mol. The Hall–Kier alpha value is -0.280. The van der Waals surface area contributed by atoms with Crippen molar-refractivity contribution >= 4 is 18.4 Å². The van der Waals surface area contributed by atoms with Gasteiger partial charge >= 0.3 is 5.97 Å². The second-order valence-corrected chi connectivity index (χ2v) is 3.88. The number of carbonyl (C=O) groups excluding carboxylic acids is 1. The van der Waals surface area contributed by atoms with Crippen molar-refractivity contribution in [3.63, 3.8) is 0 Å². The molecule has 0 spiro atoms. The molecule has 0 unspecified atom stereocenters. The number of rotatable bonds is 6. The molecule has 1 atom stereocenters. The highest BCUT2D eigenvalue weighted by Gasteiger charge is 2.22. The van der Waals surface area contributed by atoms with E-state index in [2.05, 4.69) is 12.2 Å². The predicted molar refractivity (Wildman–Crippen MR) is 63.4 cm³/mol. The van der Waals surface area contributed by atoms with Gasteiger partial charge in [-0.05, 0) is 25.8 Å². The van der Waals surface area contributed by atoms with E-state index in [-0.39, 0.29) is 24.4 Å². The van der Waals surface area contributed by atoms with Crippen LogP contribution in [0.2, 0.25) is 0 Å². The van der Waals surface area contributed by atoms with Gasteiger partial charge in [-0.2, -0.15) is 0 Å². The second kappa shape index (κ2) is 8.98. The first kappa shape index (κ1) is 14.7. The number of carbonyl (C=O) groups is 1. The van der Waals surface area contributed by atoms with Gasteiger partial charge in [0.1, 0.15) is 6.04 Å². The van der Waals surface area contributed by atoms with Gasteiger partial charge in [-0.1, -0.05) is 26.2 Å². The lowest BCUT2D eigenvalue weighted by molar-refractivity contribution is -0.145. The van der Waals surface area contributed by atoms with Crippen molar-refractivity contribution < 1.29 is 9.53 Å². The number of nitrogens with one attached hydrogen (secondary N) is 1. The van der Waals surface area contributed by atoms with E-state index in [0.29, 0.717) is 6.61 Å². The molecule has 1 fully saturated rings. The van der Waals surface area contributed by atoms with Gasteiger partial charge in [0, 0.05) is 0 Å². The van der Waals surface area contributed by atoms with Gasteiger partial charge in [0.2, 0.25) is 0 Å². The Morgan fingerprint density at radius 3 is 2.80 bits per heavy atom. The fraction of sp³-hybridized carbons (Fsp3) is 0.909. The summed E-state index contributed by atoms with van der Waals surface area (Å²) in [5.41, 5.74) is 0. The molecule has 0 amide bonds. The summed E-state index contributed by atoms with van der Waals surface area (Å²) in [5.74, 6) is -0.0565. The van der Waals surface area contributed by atoms with Crippen LogP contribution in [0.1, 0.15) is 45.4 Å². The van der Waals surface area contributed by atoms with Crippen LogP contribution < -0.4 is 5.32 Å². The Balaban J connectivity index is 0.00000196. The number of esters is 1. The van der Waals surface area contributed by atoms with Gasteiger partial charge in [-0.15, -0.1) is 12.4 Å². The van der Waals surface area contributed by atoms with Crippen molar-refractivity contribution in [1.82, 2.24) is 5.32 Å². The zero-order chi connectivity index (χ0) is 10.2. The molecule has 0 radical (unpaired) electrons. The molecule has 0 saturated carbocycles. The summed E-state index contributed by atoms with van der Waals surface area (Å²) in [4.78, 5) is 11.4. The number of halogens is 1. The highest BCUT2D eigenvalue weighted by atomic mass is 35.5. The van der Waals surface area contributed by atoms with Crippen LogP contribution in [0, 0.1) is 0 Å². The van der Waals surface area contributed by atoms with Gasteiger partial charge in [0.05, 0.1) is 6.61 Å². The molecule has 1 aliphatic heterocycles. The van der Waals surface area contributed by atoms with E-state index >= 15 is 0 Å². The van der Waals surface area contributed by atoms with E-state index in [4.69, 9.17) is 4.74 Å². The van der Waals surface area contributed by atoms with Crippen molar-refractivity contribution in [2.45, 2.75) is 51.5 Å². The van der Waals surface area contributed by atoms with Gasteiger partial charge in [-0.3, -0.25) is 4.79 Å². The molecular formula is C11H22ClNO2. The average molecular weight is 236 g/mol. The Morgan fingerprint density at radius 1 is 1.40 bits per heavy atom. The van der Waals surface area contributed by atoms with Crippen LogP contribution in [0.15, 0.2) is 0 Å². The maximum atomic E-state index is 11.4. The Labute approximate surface area is 98.4 Å². The van der Waals surface area contributed by atoms with Crippen molar-refractivity contribution in [3.8, 4) is 0 Å². The SMILES string of the molecule is CCCCCCOC(=O)[C@@H]1CCCN1.Cl. The Morgan fingerprint density at radius 2 is 2.20 bits per heavy atom. The van der Waals surface area contributed by atoms with Gasteiger partial charge in [0.25, 0.3) is 0 Å². The summed E-state index contributed by atoms with van der Waals surface area (Å²) in [6.45, 7) is 3.72. The molecule has 90 valence electrons. The first-order valence-electron chi connectivity index (χ1n) is 5.74. The van der Waals surface area contributed by atoms with E-state index in [9.17, 15) is 4.79 Å². The van der Waals surface area contributed by atoms with E-state index in [0.717, 1.165) is 25.8 Å². The molecule has 3 nitrogen and oxygen atoms in total. The summed E-state index contributed by atoms with van der Waals surface area (Å²) in [5, 5.41) is 3.13. The molecule has 1 heterocycles. The fourth-order valence-corrected chi connectivity index (χ4v) is 1.69. The monoisotopic (exact) mass is 235 g/mol. The summed E-state index contributed by atoms with van der Waals surface area (Å²) < 4.78 is 5.17. The van der Waals surface area contributed by atoms with Gasteiger partial charge < -0.3 is 10.1 Å². The molecule has 0 aliphatic carbocycles. The Kier molecular flexibility index (Phi) is 8.82. The Bertz CT molecular complexity index is 170. The minimum atomic E-state index is -0.0565. The molecule has 0 aromatic carbocycles. The number of unbranched alkanes of at least 4 members (excludes halogenated alkanes) is 3. The van der Waals surface area contributed by atoms with Crippen LogP contribution in [0.3, 0.4) is 0 Å². The molecule has 4 heteroatoms. The molecule has 1 aliphatic rings. The van der Waals surface area contributed by atoms with Crippen LogP contribution >= 0.6 is 12.4 Å². The number of ether oxygens (including phenoxy) is 1. The van der Waals surface area contributed by atoms with Crippen LogP contribution in [-0.2, 0) is 9.53 Å². The third-order valence-electron chi connectivity index (χ3n) is 2.59. The van der Waals surface area contributed by atoms with Gasteiger partial charge in [-0.25, -0.2) is 0 Å². The zero-order valence-corrected chi connectivity index (χ0v) is 10.3. The number of hydrogen-bond acceptors (Lipinski definition) is 3. The highest BCUT2D eigenvalue weighted by molar-refractivity contribution is 5.85. The second-order valence-electron chi connectivity index (χ2n) is 3.88. The molecule has 0 aromatic rings. The standard InChI is InChI=1S/C11H21NO2.ClH/c1-2-3-4-5-9-14-11(13)10-7-6-8-12-10;/h10,12H,2-9H2,1H3;1H/t10-;/m0./s1. The first-order valence-corrected chi connectivity index (χ1v) is 5.74. The van der Waals surface area contributed by atoms with E-state index < -0.39 is 0 Å². The lowest BCUT2D eigenvalue weighted by Crippen LogP contribution is -2.32. The zero-order valence-electron chi connectivity index (χ0n) is 9.46. The van der Waals surface area contributed by atoms with Crippen molar-refractivity contribution in [3.05, 3.63) is 0 Å². The maximum absolute atomic E-state index is 11.4.